The first-order valence-electron chi connectivity index (χ1n) is 6.12. The Labute approximate surface area is 117 Å². The van der Waals surface area contributed by atoms with E-state index in [9.17, 15) is 28.5 Å². The molecule has 21 heavy (non-hydrogen) atoms. The maximum atomic E-state index is 13.7. The van der Waals surface area contributed by atoms with Crippen molar-refractivity contribution >= 4 is 17.5 Å². The Hall–Kier alpha value is -2.58. The van der Waals surface area contributed by atoms with Gasteiger partial charge in [0.1, 0.15) is 11.9 Å². The zero-order valence-corrected chi connectivity index (χ0v) is 10.7. The highest BCUT2D eigenvalue weighted by atomic mass is 19.1. The summed E-state index contributed by atoms with van der Waals surface area (Å²) in [5, 5.41) is 15.3. The Morgan fingerprint density at radius 3 is 2.71 bits per heavy atom. The van der Waals surface area contributed by atoms with Gasteiger partial charge in [0.2, 0.25) is 11.7 Å². The van der Waals surface area contributed by atoms with Crippen LogP contribution in [0, 0.1) is 21.7 Å². The molecule has 112 valence electrons. The topological polar surface area (TPSA) is 101 Å². The first-order chi connectivity index (χ1) is 9.90. The van der Waals surface area contributed by atoms with Crippen molar-refractivity contribution in [2.75, 3.05) is 6.54 Å². The second-order valence-corrected chi connectivity index (χ2v) is 4.50. The van der Waals surface area contributed by atoms with E-state index in [0.29, 0.717) is 31.5 Å². The molecule has 2 amide bonds. The monoisotopic (exact) mass is 299 g/mol. The Morgan fingerprint density at radius 1 is 1.38 bits per heavy atom. The van der Waals surface area contributed by atoms with Crippen LogP contribution in [0.15, 0.2) is 12.1 Å². The lowest BCUT2D eigenvalue weighted by molar-refractivity contribution is -0.387. The van der Waals surface area contributed by atoms with Gasteiger partial charge in [0.05, 0.1) is 16.6 Å². The van der Waals surface area contributed by atoms with Crippen molar-refractivity contribution < 1.29 is 23.3 Å². The number of carbonyl (C=O) groups is 2. The van der Waals surface area contributed by atoms with E-state index in [0.717, 1.165) is 0 Å². The largest absolute Gasteiger partial charge is 0.354 e. The summed E-state index contributed by atoms with van der Waals surface area (Å²) in [6.07, 6.45) is 1.03. The zero-order valence-electron chi connectivity index (χ0n) is 10.7. The molecule has 1 atom stereocenters. The third-order valence-electron chi connectivity index (χ3n) is 3.07. The quantitative estimate of drug-likeness (QED) is 0.639. The van der Waals surface area contributed by atoms with Gasteiger partial charge in [-0.15, -0.1) is 0 Å². The maximum Gasteiger partial charge on any atom is 0.307 e. The van der Waals surface area contributed by atoms with Gasteiger partial charge in [-0.1, -0.05) is 0 Å². The maximum absolute atomic E-state index is 13.7. The third-order valence-corrected chi connectivity index (χ3v) is 3.07. The van der Waals surface area contributed by atoms with E-state index >= 15 is 0 Å². The molecule has 2 N–H and O–H groups in total. The number of nitrogens with one attached hydrogen (secondary N) is 2. The molecule has 1 aromatic rings. The zero-order chi connectivity index (χ0) is 15.6. The van der Waals surface area contributed by atoms with Crippen molar-refractivity contribution in [3.05, 3.63) is 39.4 Å². The molecule has 0 saturated carbocycles. The molecule has 1 aromatic carbocycles. The summed E-state index contributed by atoms with van der Waals surface area (Å²) in [4.78, 5) is 32.7. The number of nitrogens with zero attached hydrogens (tertiary/aromatic N) is 1. The van der Waals surface area contributed by atoms with E-state index in [-0.39, 0.29) is 0 Å². The van der Waals surface area contributed by atoms with Crippen LogP contribution in [-0.4, -0.2) is 29.3 Å². The van der Waals surface area contributed by atoms with Gasteiger partial charge in [-0.2, -0.15) is 4.39 Å². The highest BCUT2D eigenvalue weighted by molar-refractivity contribution is 5.98. The van der Waals surface area contributed by atoms with Crippen LogP contribution < -0.4 is 10.6 Å². The molecule has 1 aliphatic rings. The number of piperidine rings is 1. The van der Waals surface area contributed by atoms with Crippen LogP contribution >= 0.6 is 0 Å². The lowest BCUT2D eigenvalue weighted by Crippen LogP contribution is -2.50. The standard InChI is InChI=1S/C12H11F2N3O4/c13-7-5-10(17(20)21)8(14)4-6(7)11(18)16-9-2-1-3-15-12(9)19/h4-5,9H,1-3H2,(H,15,19)(H,16,18). The molecule has 0 aliphatic carbocycles. The normalized spacial score (nSPS) is 18.0. The highest BCUT2D eigenvalue weighted by Crippen LogP contribution is 2.21. The average Bonchev–Trinajstić information content (AvgIpc) is 2.43. The summed E-state index contributed by atoms with van der Waals surface area (Å²) in [6, 6.07) is -0.0433. The summed E-state index contributed by atoms with van der Waals surface area (Å²) in [7, 11) is 0. The summed E-state index contributed by atoms with van der Waals surface area (Å²) in [6.45, 7) is 0.492. The molecule has 2 rings (SSSR count). The number of carbonyl (C=O) groups excluding carboxylic acids is 2. The summed E-state index contributed by atoms with van der Waals surface area (Å²) >= 11 is 0. The molecule has 0 radical (unpaired) electrons. The van der Waals surface area contributed by atoms with E-state index in [1.807, 2.05) is 0 Å². The van der Waals surface area contributed by atoms with Crippen LogP contribution in [0.4, 0.5) is 14.5 Å². The lowest BCUT2D eigenvalue weighted by atomic mass is 10.1. The first kappa shape index (κ1) is 14.8. The number of nitro groups is 1. The van der Waals surface area contributed by atoms with Gasteiger partial charge in [0.25, 0.3) is 5.91 Å². The third kappa shape index (κ3) is 3.12. The van der Waals surface area contributed by atoms with Crippen LogP contribution in [0.25, 0.3) is 0 Å². The fourth-order valence-corrected chi connectivity index (χ4v) is 2.00. The van der Waals surface area contributed by atoms with E-state index < -0.39 is 45.7 Å². The van der Waals surface area contributed by atoms with Crippen molar-refractivity contribution in [2.24, 2.45) is 0 Å². The van der Waals surface area contributed by atoms with E-state index in [1.165, 1.54) is 0 Å². The van der Waals surface area contributed by atoms with Crippen LogP contribution in [0.5, 0.6) is 0 Å². The fraction of sp³-hybridized carbons (Fsp3) is 0.333. The van der Waals surface area contributed by atoms with Gasteiger partial charge >= 0.3 is 5.69 Å². The lowest BCUT2D eigenvalue weighted by Gasteiger charge is -2.22. The van der Waals surface area contributed by atoms with Crippen molar-refractivity contribution in [1.82, 2.24) is 10.6 Å². The van der Waals surface area contributed by atoms with Crippen LogP contribution in [0.3, 0.4) is 0 Å². The fourth-order valence-electron chi connectivity index (χ4n) is 2.00. The molecule has 1 aliphatic heterocycles. The minimum absolute atomic E-state index is 0.338. The number of rotatable bonds is 3. The van der Waals surface area contributed by atoms with Crippen LogP contribution in [0.1, 0.15) is 23.2 Å². The Balaban J connectivity index is 2.21. The van der Waals surface area contributed by atoms with E-state index in [2.05, 4.69) is 10.6 Å². The summed E-state index contributed by atoms with van der Waals surface area (Å²) in [5.41, 5.74) is -1.74. The van der Waals surface area contributed by atoms with Gasteiger partial charge < -0.3 is 10.6 Å². The van der Waals surface area contributed by atoms with Gasteiger partial charge in [-0.25, -0.2) is 4.39 Å². The van der Waals surface area contributed by atoms with Gasteiger partial charge in [-0.3, -0.25) is 19.7 Å². The van der Waals surface area contributed by atoms with E-state index in [1.54, 1.807) is 0 Å². The minimum Gasteiger partial charge on any atom is -0.354 e. The molecule has 1 unspecified atom stereocenters. The Bertz CT molecular complexity index is 621. The van der Waals surface area contributed by atoms with Crippen LogP contribution in [0.2, 0.25) is 0 Å². The number of hydrogen-bond acceptors (Lipinski definition) is 4. The van der Waals surface area contributed by atoms with Crippen molar-refractivity contribution in [3.63, 3.8) is 0 Å². The molecule has 1 saturated heterocycles. The molecule has 1 heterocycles. The predicted octanol–water partition coefficient (Wildman–Crippen LogP) is 0.881. The highest BCUT2D eigenvalue weighted by Gasteiger charge is 2.27. The average molecular weight is 299 g/mol. The van der Waals surface area contributed by atoms with Crippen molar-refractivity contribution in [3.8, 4) is 0 Å². The van der Waals surface area contributed by atoms with E-state index in [4.69, 9.17) is 0 Å². The molecule has 9 heteroatoms. The smallest absolute Gasteiger partial charge is 0.307 e. The summed E-state index contributed by atoms with van der Waals surface area (Å²) < 4.78 is 27.1. The van der Waals surface area contributed by atoms with Crippen LogP contribution in [-0.2, 0) is 4.79 Å². The number of benzene rings is 1. The van der Waals surface area contributed by atoms with Gasteiger partial charge in [-0.05, 0) is 18.9 Å². The molecule has 0 bridgehead atoms. The van der Waals surface area contributed by atoms with Crippen molar-refractivity contribution in [2.45, 2.75) is 18.9 Å². The van der Waals surface area contributed by atoms with Gasteiger partial charge in [0, 0.05) is 6.54 Å². The Morgan fingerprint density at radius 2 is 2.10 bits per heavy atom. The number of hydrogen-bond donors (Lipinski definition) is 2. The predicted molar refractivity (Wildman–Crippen MR) is 66.5 cm³/mol. The first-order valence-corrected chi connectivity index (χ1v) is 6.12. The second-order valence-electron chi connectivity index (χ2n) is 4.50. The Kier molecular flexibility index (Phi) is 4.10. The number of nitro benzene ring substituents is 1. The molecular formula is C12H11F2N3O4. The SMILES string of the molecule is O=C(NC1CCCNC1=O)c1cc(F)c([N+](=O)[O-])cc1F. The minimum atomic E-state index is -1.32. The summed E-state index contributed by atoms with van der Waals surface area (Å²) in [5.74, 6) is -3.95. The van der Waals surface area contributed by atoms with Crippen molar-refractivity contribution in [1.29, 1.82) is 0 Å². The molecular weight excluding hydrogens is 288 g/mol. The molecule has 1 fully saturated rings. The molecule has 0 spiro atoms. The molecule has 0 aromatic heterocycles. The van der Waals surface area contributed by atoms with Gasteiger partial charge in [0.15, 0.2) is 0 Å². The second kappa shape index (κ2) is 5.81. The molecule has 7 nitrogen and oxygen atoms in total. The number of amides is 2. The number of halogens is 2.